The average molecular weight is 533 g/mol. The third kappa shape index (κ3) is 5.78. The molecule has 1 aliphatic heterocycles. The molecule has 2 heterocycles. The van der Waals surface area contributed by atoms with E-state index in [1.807, 2.05) is 26.1 Å². The number of nitrogens with zero attached hydrogens (tertiary/aromatic N) is 2. The van der Waals surface area contributed by atoms with Crippen LogP contribution in [-0.2, 0) is 17.8 Å². The molecular formula is C32H37FN2O4. The van der Waals surface area contributed by atoms with Crippen LogP contribution in [0.1, 0.15) is 67.4 Å². The molecule has 0 spiro atoms. The molecule has 6 nitrogen and oxygen atoms in total. The lowest BCUT2D eigenvalue weighted by Crippen LogP contribution is -2.21. The van der Waals surface area contributed by atoms with E-state index in [0.717, 1.165) is 65.8 Å². The van der Waals surface area contributed by atoms with Gasteiger partial charge in [0.2, 0.25) is 5.88 Å². The Morgan fingerprint density at radius 2 is 1.97 bits per heavy atom. The summed E-state index contributed by atoms with van der Waals surface area (Å²) in [6, 6.07) is 14.0. The van der Waals surface area contributed by atoms with Crippen molar-refractivity contribution >= 4 is 5.97 Å². The van der Waals surface area contributed by atoms with Gasteiger partial charge < -0.3 is 19.5 Å². The molecule has 5 rings (SSSR count). The highest BCUT2D eigenvalue weighted by molar-refractivity contribution is 5.71. The first-order chi connectivity index (χ1) is 18.8. The quantitative estimate of drug-likeness (QED) is 0.316. The number of rotatable bonds is 10. The second-order valence-corrected chi connectivity index (χ2v) is 11.0. The molecule has 2 aliphatic rings. The minimum atomic E-state index is -0.753. The van der Waals surface area contributed by atoms with Crippen molar-refractivity contribution < 1.29 is 23.8 Å². The van der Waals surface area contributed by atoms with Crippen LogP contribution in [0.2, 0.25) is 0 Å². The Balaban J connectivity index is 1.46. The molecule has 206 valence electrons. The zero-order chi connectivity index (χ0) is 27.7. The number of aliphatic carboxylic acids is 1. The van der Waals surface area contributed by atoms with E-state index in [9.17, 15) is 14.3 Å². The van der Waals surface area contributed by atoms with E-state index in [1.54, 1.807) is 6.07 Å². The smallest absolute Gasteiger partial charge is 0.306 e. The summed E-state index contributed by atoms with van der Waals surface area (Å²) < 4.78 is 26.7. The minimum Gasteiger partial charge on any atom is -0.485 e. The highest BCUT2D eigenvalue weighted by Gasteiger charge is 2.39. The van der Waals surface area contributed by atoms with Gasteiger partial charge in [0.25, 0.3) is 0 Å². The number of ether oxygens (including phenoxy) is 2. The zero-order valence-electron chi connectivity index (χ0n) is 23.1. The van der Waals surface area contributed by atoms with E-state index < -0.39 is 11.9 Å². The summed E-state index contributed by atoms with van der Waals surface area (Å²) in [6.45, 7) is 5.43. The lowest BCUT2D eigenvalue weighted by molar-refractivity contribution is -0.142. The van der Waals surface area contributed by atoms with E-state index in [4.69, 9.17) is 9.47 Å². The molecule has 3 aromatic rings. The molecule has 0 bridgehead atoms. The van der Waals surface area contributed by atoms with Gasteiger partial charge >= 0.3 is 5.97 Å². The normalized spacial score (nSPS) is 18.3. The molecule has 3 atom stereocenters. The first kappa shape index (κ1) is 27.1. The number of carbonyl (C=O) groups is 1. The number of methoxy groups -OCH3 is 1. The van der Waals surface area contributed by atoms with E-state index in [0.29, 0.717) is 23.9 Å². The Bertz CT molecular complexity index is 1360. The molecule has 0 amide bonds. The largest absolute Gasteiger partial charge is 0.485 e. The number of pyridine rings is 1. The number of aryl methyl sites for hydroxylation is 1. The van der Waals surface area contributed by atoms with Crippen LogP contribution in [0.5, 0.6) is 11.6 Å². The molecule has 0 radical (unpaired) electrons. The second-order valence-electron chi connectivity index (χ2n) is 11.0. The summed E-state index contributed by atoms with van der Waals surface area (Å²) in [5.41, 5.74) is 5.54. The maximum Gasteiger partial charge on any atom is 0.306 e. The van der Waals surface area contributed by atoms with Crippen molar-refractivity contribution in [2.24, 2.45) is 11.8 Å². The summed E-state index contributed by atoms with van der Waals surface area (Å²) in [6.07, 6.45) is 4.94. The van der Waals surface area contributed by atoms with Crippen LogP contribution in [0.25, 0.3) is 11.1 Å². The topological polar surface area (TPSA) is 71.9 Å². The summed E-state index contributed by atoms with van der Waals surface area (Å²) in [7, 11) is 3.57. The molecule has 0 saturated heterocycles. The van der Waals surface area contributed by atoms with Crippen molar-refractivity contribution in [3.63, 3.8) is 0 Å². The fourth-order valence-corrected chi connectivity index (χ4v) is 5.75. The van der Waals surface area contributed by atoms with Gasteiger partial charge in [-0.05, 0) is 85.0 Å². The fraction of sp³-hybridized carbons (Fsp3) is 0.438. The third-order valence-corrected chi connectivity index (χ3v) is 8.29. The van der Waals surface area contributed by atoms with Gasteiger partial charge in [-0.2, -0.15) is 0 Å². The minimum absolute atomic E-state index is 0.000469. The van der Waals surface area contributed by atoms with Gasteiger partial charge in [-0.15, -0.1) is 0 Å². The second kappa shape index (κ2) is 11.3. The van der Waals surface area contributed by atoms with Gasteiger partial charge in [-0.25, -0.2) is 9.37 Å². The van der Waals surface area contributed by atoms with Crippen LogP contribution in [0, 0.1) is 17.7 Å². The number of benzene rings is 2. The average Bonchev–Trinajstić information content (AvgIpc) is 3.78. The number of fused-ring (bicyclic) bond motifs is 1. The third-order valence-electron chi connectivity index (χ3n) is 8.29. The summed E-state index contributed by atoms with van der Waals surface area (Å²) in [5.74, 6) is 0.0541. The molecule has 1 aromatic heterocycles. The first-order valence-corrected chi connectivity index (χ1v) is 13.8. The fourth-order valence-electron chi connectivity index (χ4n) is 5.75. The SMILES string of the molecule is CCN(C)Cc1cc([C@@H]2CCc3ccc([C@H](C4CC4)[C@H](C)C(=O)O)cc3O2)ccc1-c1cc(OC)ncc1F. The van der Waals surface area contributed by atoms with Gasteiger partial charge in [0.15, 0.2) is 0 Å². The van der Waals surface area contributed by atoms with E-state index in [2.05, 4.69) is 41.1 Å². The number of hydrogen-bond donors (Lipinski definition) is 1. The summed E-state index contributed by atoms with van der Waals surface area (Å²) >= 11 is 0. The number of halogens is 1. The Morgan fingerprint density at radius 3 is 2.67 bits per heavy atom. The maximum absolute atomic E-state index is 14.9. The predicted molar refractivity (Wildman–Crippen MR) is 149 cm³/mol. The Kier molecular flexibility index (Phi) is 7.89. The van der Waals surface area contributed by atoms with Crippen LogP contribution in [0.4, 0.5) is 4.39 Å². The highest BCUT2D eigenvalue weighted by atomic mass is 19.1. The molecule has 1 saturated carbocycles. The van der Waals surface area contributed by atoms with Gasteiger partial charge in [0.05, 0.1) is 19.2 Å². The molecule has 39 heavy (non-hydrogen) atoms. The molecule has 7 heteroatoms. The van der Waals surface area contributed by atoms with Gasteiger partial charge in [-0.1, -0.05) is 44.2 Å². The summed E-state index contributed by atoms with van der Waals surface area (Å²) in [4.78, 5) is 18.0. The van der Waals surface area contributed by atoms with Crippen LogP contribution < -0.4 is 9.47 Å². The predicted octanol–water partition coefficient (Wildman–Crippen LogP) is 6.63. The Hall–Kier alpha value is -3.45. The van der Waals surface area contributed by atoms with Gasteiger partial charge in [0.1, 0.15) is 17.7 Å². The molecular weight excluding hydrogens is 495 g/mol. The van der Waals surface area contributed by atoms with E-state index in [1.165, 1.54) is 13.3 Å². The highest BCUT2D eigenvalue weighted by Crippen LogP contribution is 2.48. The van der Waals surface area contributed by atoms with Crippen molar-refractivity contribution in [1.82, 2.24) is 9.88 Å². The number of carboxylic acids is 1. The maximum atomic E-state index is 14.9. The molecule has 1 fully saturated rings. The van der Waals surface area contributed by atoms with Crippen molar-refractivity contribution in [3.8, 4) is 22.8 Å². The molecule has 1 aliphatic carbocycles. The number of aromatic nitrogens is 1. The lowest BCUT2D eigenvalue weighted by atomic mass is 9.82. The van der Waals surface area contributed by atoms with Crippen molar-refractivity contribution in [1.29, 1.82) is 0 Å². The number of hydrogen-bond acceptors (Lipinski definition) is 5. The Labute approximate surface area is 229 Å². The van der Waals surface area contributed by atoms with Crippen LogP contribution >= 0.6 is 0 Å². The van der Waals surface area contributed by atoms with Crippen LogP contribution in [0.3, 0.4) is 0 Å². The summed E-state index contributed by atoms with van der Waals surface area (Å²) in [5, 5.41) is 9.71. The van der Waals surface area contributed by atoms with Gasteiger partial charge in [0, 0.05) is 18.2 Å². The van der Waals surface area contributed by atoms with E-state index in [-0.39, 0.29) is 17.8 Å². The van der Waals surface area contributed by atoms with Crippen molar-refractivity contribution in [2.45, 2.75) is 58.1 Å². The standard InChI is InChI=1S/C32H37FN2O4/c1-5-35(3)18-24-14-22(10-12-25(24)26-16-30(38-4)34-17-27(26)33)28-13-11-20-6-9-23(15-29(20)39-28)31(21-7-8-21)19(2)32(36)37/h6,9-10,12,14-17,19,21,28,31H,5,7-8,11,13,18H2,1-4H3,(H,36,37)/t19-,28-,31-/m0/s1. The van der Waals surface area contributed by atoms with Crippen LogP contribution in [-0.4, -0.2) is 41.7 Å². The molecule has 1 N–H and O–H groups in total. The first-order valence-electron chi connectivity index (χ1n) is 13.8. The van der Waals surface area contributed by atoms with Crippen molar-refractivity contribution in [2.75, 3.05) is 20.7 Å². The molecule has 0 unspecified atom stereocenters. The van der Waals surface area contributed by atoms with Crippen LogP contribution in [0.15, 0.2) is 48.7 Å². The van der Waals surface area contributed by atoms with Crippen molar-refractivity contribution in [3.05, 3.63) is 76.7 Å². The van der Waals surface area contributed by atoms with E-state index >= 15 is 0 Å². The molecule has 2 aromatic carbocycles. The van der Waals surface area contributed by atoms with Gasteiger partial charge in [-0.3, -0.25) is 4.79 Å². The monoisotopic (exact) mass is 532 g/mol. The lowest BCUT2D eigenvalue weighted by Gasteiger charge is -2.29. The Morgan fingerprint density at radius 1 is 1.18 bits per heavy atom. The number of carboxylic acid groups (broad SMARTS) is 1. The zero-order valence-corrected chi connectivity index (χ0v) is 23.1.